The summed E-state index contributed by atoms with van der Waals surface area (Å²) in [6.07, 6.45) is 2.48. The van der Waals surface area contributed by atoms with Gasteiger partial charge in [0.1, 0.15) is 5.69 Å². The number of nitrogens with zero attached hydrogens (tertiary/aromatic N) is 5. The molecule has 0 unspecified atom stereocenters. The lowest BCUT2D eigenvalue weighted by Gasteiger charge is -2.00. The molecule has 0 aromatic carbocycles. The fourth-order valence-corrected chi connectivity index (χ4v) is 1.18. The van der Waals surface area contributed by atoms with Gasteiger partial charge in [0.25, 0.3) is 0 Å². The summed E-state index contributed by atoms with van der Waals surface area (Å²) in [5, 5.41) is 11.4. The zero-order valence-electron chi connectivity index (χ0n) is 7.67. The Labute approximate surface area is 81.8 Å². The van der Waals surface area contributed by atoms with E-state index in [0.29, 0.717) is 12.4 Å². The molecule has 0 fully saturated rings. The highest BCUT2D eigenvalue weighted by atomic mass is 15.5. The fraction of sp³-hybridized carbons (Fsp3) is 0.222. The maximum Gasteiger partial charge on any atom is 0.200 e. The molecule has 1 radical (unpaired) electrons. The summed E-state index contributed by atoms with van der Waals surface area (Å²) < 4.78 is 1.70. The van der Waals surface area contributed by atoms with Crippen LogP contribution < -0.4 is 0 Å². The van der Waals surface area contributed by atoms with E-state index in [1.165, 1.54) is 0 Å². The molecule has 14 heavy (non-hydrogen) atoms. The molecule has 0 aliphatic heterocycles. The second-order valence-electron chi connectivity index (χ2n) is 2.79. The van der Waals surface area contributed by atoms with Crippen LogP contribution in [0, 0.1) is 6.92 Å². The van der Waals surface area contributed by atoms with Crippen LogP contribution in [-0.2, 0) is 6.54 Å². The molecular weight excluding hydrogens is 178 g/mol. The Bertz CT molecular complexity index is 395. The molecule has 2 aromatic rings. The summed E-state index contributed by atoms with van der Waals surface area (Å²) >= 11 is 0. The van der Waals surface area contributed by atoms with E-state index in [4.69, 9.17) is 0 Å². The van der Waals surface area contributed by atoms with Crippen molar-refractivity contribution in [3.8, 4) is 11.5 Å². The molecule has 71 valence electrons. The van der Waals surface area contributed by atoms with Gasteiger partial charge in [-0.1, -0.05) is 13.0 Å². The van der Waals surface area contributed by atoms with Gasteiger partial charge in [-0.2, -0.15) is 0 Å². The normalized spacial score (nSPS) is 10.4. The van der Waals surface area contributed by atoms with Crippen LogP contribution >= 0.6 is 0 Å². The van der Waals surface area contributed by atoms with Gasteiger partial charge in [0.05, 0.1) is 0 Å². The summed E-state index contributed by atoms with van der Waals surface area (Å²) in [7, 11) is 0. The third-order valence-electron chi connectivity index (χ3n) is 1.80. The third-order valence-corrected chi connectivity index (χ3v) is 1.80. The summed E-state index contributed by atoms with van der Waals surface area (Å²) in [6, 6.07) is 5.65. The lowest BCUT2D eigenvalue weighted by Crippen LogP contribution is -2.02. The number of tetrazole rings is 1. The van der Waals surface area contributed by atoms with Gasteiger partial charge in [-0.15, -0.1) is 5.10 Å². The van der Waals surface area contributed by atoms with Crippen LogP contribution in [0.2, 0.25) is 0 Å². The maximum absolute atomic E-state index is 4.18. The van der Waals surface area contributed by atoms with Crippen molar-refractivity contribution in [2.45, 2.75) is 13.0 Å². The Balaban J connectivity index is 2.37. The number of aromatic nitrogens is 5. The molecule has 0 amide bonds. The summed E-state index contributed by atoms with van der Waals surface area (Å²) in [5.41, 5.74) is 0.783. The van der Waals surface area contributed by atoms with Crippen LogP contribution in [0.15, 0.2) is 24.4 Å². The third kappa shape index (κ3) is 1.61. The standard InChI is InChI=1S/C9H10N5/c1-2-7-14-9(11-12-13-14)8-5-3-4-6-10-8/h3-6H,1-2,7H2. The van der Waals surface area contributed by atoms with Crippen molar-refractivity contribution in [3.63, 3.8) is 0 Å². The molecule has 0 bridgehead atoms. The van der Waals surface area contributed by atoms with Gasteiger partial charge in [-0.25, -0.2) is 4.68 Å². The van der Waals surface area contributed by atoms with Gasteiger partial charge in [-0.05, 0) is 29.0 Å². The van der Waals surface area contributed by atoms with Gasteiger partial charge in [0.15, 0.2) is 0 Å². The van der Waals surface area contributed by atoms with E-state index in [9.17, 15) is 0 Å². The molecule has 0 saturated carbocycles. The summed E-state index contributed by atoms with van der Waals surface area (Å²) in [6.45, 7) is 4.47. The summed E-state index contributed by atoms with van der Waals surface area (Å²) in [4.78, 5) is 4.18. The molecule has 0 atom stereocenters. The van der Waals surface area contributed by atoms with E-state index in [2.05, 4.69) is 27.4 Å². The van der Waals surface area contributed by atoms with Crippen molar-refractivity contribution in [3.05, 3.63) is 31.3 Å². The van der Waals surface area contributed by atoms with Crippen LogP contribution in [0.1, 0.15) is 6.42 Å². The van der Waals surface area contributed by atoms with E-state index < -0.39 is 0 Å². The average Bonchev–Trinajstić information content (AvgIpc) is 2.68. The second-order valence-corrected chi connectivity index (χ2v) is 2.79. The monoisotopic (exact) mass is 188 g/mol. The Kier molecular flexibility index (Phi) is 2.48. The van der Waals surface area contributed by atoms with E-state index in [1.807, 2.05) is 18.2 Å². The highest BCUT2D eigenvalue weighted by Crippen LogP contribution is 2.11. The minimum Gasteiger partial charge on any atom is -0.253 e. The van der Waals surface area contributed by atoms with Gasteiger partial charge in [0, 0.05) is 12.7 Å². The van der Waals surface area contributed by atoms with E-state index >= 15 is 0 Å². The molecule has 0 aliphatic rings. The first-order chi connectivity index (χ1) is 6.92. The lowest BCUT2D eigenvalue weighted by atomic mass is 10.3. The minimum atomic E-state index is 0.689. The SMILES string of the molecule is [CH2]CCn1nnnc1-c1ccccn1. The smallest absolute Gasteiger partial charge is 0.200 e. The quantitative estimate of drug-likeness (QED) is 0.719. The number of hydrogen-bond acceptors (Lipinski definition) is 4. The van der Waals surface area contributed by atoms with Crippen molar-refractivity contribution in [2.75, 3.05) is 0 Å². The highest BCUT2D eigenvalue weighted by molar-refractivity contribution is 5.47. The average molecular weight is 188 g/mol. The second kappa shape index (κ2) is 3.95. The zero-order chi connectivity index (χ0) is 9.80. The molecule has 0 saturated heterocycles. The first-order valence-electron chi connectivity index (χ1n) is 4.38. The van der Waals surface area contributed by atoms with Gasteiger partial charge >= 0.3 is 0 Å². The Morgan fingerprint density at radius 1 is 1.36 bits per heavy atom. The largest absolute Gasteiger partial charge is 0.253 e. The first-order valence-corrected chi connectivity index (χ1v) is 4.38. The zero-order valence-corrected chi connectivity index (χ0v) is 7.67. The van der Waals surface area contributed by atoms with Crippen LogP contribution in [0.5, 0.6) is 0 Å². The Hall–Kier alpha value is -1.78. The minimum absolute atomic E-state index is 0.689. The lowest BCUT2D eigenvalue weighted by molar-refractivity contribution is 0.599. The first kappa shape index (κ1) is 8.80. The van der Waals surface area contributed by atoms with E-state index in [0.717, 1.165) is 12.1 Å². The van der Waals surface area contributed by atoms with Crippen molar-refractivity contribution in [1.82, 2.24) is 25.2 Å². The number of pyridine rings is 1. The highest BCUT2D eigenvalue weighted by Gasteiger charge is 2.07. The van der Waals surface area contributed by atoms with Crippen LogP contribution in [0.25, 0.3) is 11.5 Å². The van der Waals surface area contributed by atoms with Gasteiger partial charge < -0.3 is 0 Å². The molecule has 5 heteroatoms. The van der Waals surface area contributed by atoms with Crippen LogP contribution in [-0.4, -0.2) is 25.2 Å². The molecule has 5 nitrogen and oxygen atoms in total. The molecule has 0 aliphatic carbocycles. The van der Waals surface area contributed by atoms with E-state index in [1.54, 1.807) is 10.9 Å². The molecule has 2 aromatic heterocycles. The number of rotatable bonds is 3. The maximum atomic E-state index is 4.18. The van der Waals surface area contributed by atoms with Crippen LogP contribution in [0.4, 0.5) is 0 Å². The molecular formula is C9H10N5. The van der Waals surface area contributed by atoms with Crippen LogP contribution in [0.3, 0.4) is 0 Å². The summed E-state index contributed by atoms with van der Waals surface area (Å²) in [5.74, 6) is 0.689. The molecule has 2 heterocycles. The predicted octanol–water partition coefficient (Wildman–Crippen LogP) is 0.959. The Morgan fingerprint density at radius 3 is 3.00 bits per heavy atom. The molecule has 2 rings (SSSR count). The molecule has 0 spiro atoms. The van der Waals surface area contributed by atoms with Crippen molar-refractivity contribution < 1.29 is 0 Å². The predicted molar refractivity (Wildman–Crippen MR) is 51.0 cm³/mol. The Morgan fingerprint density at radius 2 is 2.29 bits per heavy atom. The topological polar surface area (TPSA) is 56.5 Å². The van der Waals surface area contributed by atoms with Gasteiger partial charge in [0.2, 0.25) is 5.82 Å². The number of aryl methyl sites for hydroxylation is 1. The van der Waals surface area contributed by atoms with E-state index in [-0.39, 0.29) is 0 Å². The van der Waals surface area contributed by atoms with Crippen molar-refractivity contribution in [2.24, 2.45) is 0 Å². The fourth-order valence-electron chi connectivity index (χ4n) is 1.18. The van der Waals surface area contributed by atoms with Crippen molar-refractivity contribution >= 4 is 0 Å². The molecule has 0 N–H and O–H groups in total. The van der Waals surface area contributed by atoms with Crippen molar-refractivity contribution in [1.29, 1.82) is 0 Å². The number of hydrogen-bond donors (Lipinski definition) is 0. The van der Waals surface area contributed by atoms with Gasteiger partial charge in [-0.3, -0.25) is 4.98 Å².